The second kappa shape index (κ2) is 5.19. The van der Waals surface area contributed by atoms with Crippen LogP contribution in [0.1, 0.15) is 5.56 Å². The van der Waals surface area contributed by atoms with Gasteiger partial charge in [-0.05, 0) is 35.9 Å². The zero-order valence-electron chi connectivity index (χ0n) is 9.08. The van der Waals surface area contributed by atoms with Crippen molar-refractivity contribution < 1.29 is 4.39 Å². The fourth-order valence-electron chi connectivity index (χ4n) is 1.52. The van der Waals surface area contributed by atoms with Gasteiger partial charge in [-0.25, -0.2) is 4.39 Å². The molecule has 0 radical (unpaired) electrons. The zero-order valence-corrected chi connectivity index (χ0v) is 10.7. The Morgan fingerprint density at radius 2 is 1.82 bits per heavy atom. The molecule has 0 aromatic heterocycles. The molecule has 2 aromatic rings. The molecular formula is C13H12BrFN2. The van der Waals surface area contributed by atoms with Crippen molar-refractivity contribution in [2.75, 3.05) is 11.1 Å². The smallest absolute Gasteiger partial charge is 0.127 e. The van der Waals surface area contributed by atoms with E-state index >= 15 is 0 Å². The highest BCUT2D eigenvalue weighted by Crippen LogP contribution is 2.17. The summed E-state index contributed by atoms with van der Waals surface area (Å²) in [6.45, 7) is 0.635. The van der Waals surface area contributed by atoms with Crippen molar-refractivity contribution in [2.45, 2.75) is 6.54 Å². The predicted octanol–water partition coefficient (Wildman–Crippen LogP) is 3.78. The number of nitrogens with one attached hydrogen (secondary N) is 1. The second-order valence-electron chi connectivity index (χ2n) is 3.75. The Bertz CT molecular complexity index is 491. The van der Waals surface area contributed by atoms with Crippen molar-refractivity contribution >= 4 is 27.3 Å². The van der Waals surface area contributed by atoms with Crippen LogP contribution >= 0.6 is 15.9 Å². The van der Waals surface area contributed by atoms with E-state index in [0.717, 1.165) is 10.0 Å². The molecule has 0 saturated carbocycles. The molecule has 2 rings (SSSR count). The van der Waals surface area contributed by atoms with Crippen LogP contribution in [0.2, 0.25) is 0 Å². The molecule has 2 aromatic carbocycles. The van der Waals surface area contributed by atoms with E-state index in [9.17, 15) is 4.39 Å². The first-order chi connectivity index (χ1) is 8.13. The van der Waals surface area contributed by atoms with Crippen LogP contribution in [0, 0.1) is 5.82 Å². The van der Waals surface area contributed by atoms with Gasteiger partial charge in [0, 0.05) is 22.4 Å². The number of nitrogen functional groups attached to an aromatic ring is 1. The molecule has 0 fully saturated rings. The van der Waals surface area contributed by atoms with Gasteiger partial charge in [-0.1, -0.05) is 28.1 Å². The molecule has 0 bridgehead atoms. The molecule has 0 saturated heterocycles. The van der Waals surface area contributed by atoms with Crippen molar-refractivity contribution in [2.24, 2.45) is 0 Å². The molecule has 2 nitrogen and oxygen atoms in total. The van der Waals surface area contributed by atoms with Crippen LogP contribution in [0.5, 0.6) is 0 Å². The van der Waals surface area contributed by atoms with Gasteiger partial charge in [0.25, 0.3) is 0 Å². The highest BCUT2D eigenvalue weighted by Gasteiger charge is 1.98. The summed E-state index contributed by atoms with van der Waals surface area (Å²) in [5.74, 6) is -0.330. The van der Waals surface area contributed by atoms with Gasteiger partial charge in [-0.3, -0.25) is 0 Å². The van der Waals surface area contributed by atoms with Crippen LogP contribution in [0.4, 0.5) is 15.8 Å². The Hall–Kier alpha value is -1.55. The molecular weight excluding hydrogens is 283 g/mol. The van der Waals surface area contributed by atoms with Gasteiger partial charge in [0.15, 0.2) is 0 Å². The molecule has 0 aliphatic heterocycles. The summed E-state index contributed by atoms with van der Waals surface area (Å²) in [5, 5.41) is 3.13. The summed E-state index contributed by atoms with van der Waals surface area (Å²) in [7, 11) is 0. The second-order valence-corrected chi connectivity index (χ2v) is 4.67. The number of hydrogen-bond donors (Lipinski definition) is 2. The van der Waals surface area contributed by atoms with Gasteiger partial charge in [0.1, 0.15) is 5.82 Å². The summed E-state index contributed by atoms with van der Waals surface area (Å²) in [6.07, 6.45) is 0. The first-order valence-electron chi connectivity index (χ1n) is 5.18. The van der Waals surface area contributed by atoms with Crippen molar-refractivity contribution in [3.8, 4) is 0 Å². The Morgan fingerprint density at radius 1 is 1.12 bits per heavy atom. The Balaban J connectivity index is 2.04. The van der Waals surface area contributed by atoms with E-state index in [1.807, 2.05) is 24.3 Å². The molecule has 88 valence electrons. The van der Waals surface area contributed by atoms with Crippen molar-refractivity contribution in [3.05, 3.63) is 58.3 Å². The number of benzene rings is 2. The Morgan fingerprint density at radius 3 is 2.47 bits per heavy atom. The van der Waals surface area contributed by atoms with Crippen molar-refractivity contribution in [3.63, 3.8) is 0 Å². The maximum Gasteiger partial charge on any atom is 0.127 e. The van der Waals surface area contributed by atoms with E-state index in [4.69, 9.17) is 5.73 Å². The molecule has 17 heavy (non-hydrogen) atoms. The molecule has 0 unspecified atom stereocenters. The Kier molecular flexibility index (Phi) is 3.64. The molecule has 3 N–H and O–H groups in total. The largest absolute Gasteiger partial charge is 0.399 e. The van der Waals surface area contributed by atoms with Crippen LogP contribution in [-0.2, 0) is 6.54 Å². The van der Waals surface area contributed by atoms with Gasteiger partial charge < -0.3 is 11.1 Å². The predicted molar refractivity (Wildman–Crippen MR) is 72.3 cm³/mol. The van der Waals surface area contributed by atoms with E-state index < -0.39 is 0 Å². The summed E-state index contributed by atoms with van der Waals surface area (Å²) in [5.41, 5.74) is 7.79. The summed E-state index contributed by atoms with van der Waals surface area (Å²) >= 11 is 3.37. The van der Waals surface area contributed by atoms with E-state index in [2.05, 4.69) is 21.2 Å². The van der Waals surface area contributed by atoms with Crippen molar-refractivity contribution in [1.82, 2.24) is 0 Å². The SMILES string of the molecule is Nc1cc(F)cc(NCc2ccc(Br)cc2)c1. The molecule has 0 aliphatic carbocycles. The van der Waals surface area contributed by atoms with Gasteiger partial charge in [-0.15, -0.1) is 0 Å². The summed E-state index contributed by atoms with van der Waals surface area (Å²) < 4.78 is 14.1. The lowest BCUT2D eigenvalue weighted by molar-refractivity contribution is 0.629. The maximum absolute atomic E-state index is 13.1. The first-order valence-corrected chi connectivity index (χ1v) is 5.97. The highest BCUT2D eigenvalue weighted by atomic mass is 79.9. The maximum atomic E-state index is 13.1. The van der Waals surface area contributed by atoms with Crippen LogP contribution in [0.25, 0.3) is 0 Å². The Labute approximate surface area is 108 Å². The normalized spacial score (nSPS) is 10.2. The number of hydrogen-bond acceptors (Lipinski definition) is 2. The molecule has 4 heteroatoms. The third kappa shape index (κ3) is 3.46. The molecule has 0 heterocycles. The van der Waals surface area contributed by atoms with E-state index in [1.165, 1.54) is 12.1 Å². The van der Waals surface area contributed by atoms with Gasteiger partial charge in [-0.2, -0.15) is 0 Å². The quantitative estimate of drug-likeness (QED) is 0.846. The van der Waals surface area contributed by atoms with E-state index in [0.29, 0.717) is 17.9 Å². The zero-order chi connectivity index (χ0) is 12.3. The van der Waals surface area contributed by atoms with Crippen LogP contribution < -0.4 is 11.1 Å². The first kappa shape index (κ1) is 11.9. The van der Waals surface area contributed by atoms with Crippen LogP contribution in [-0.4, -0.2) is 0 Å². The molecule has 0 atom stereocenters. The molecule has 0 amide bonds. The number of halogens is 2. The number of nitrogens with two attached hydrogens (primary N) is 1. The third-order valence-electron chi connectivity index (χ3n) is 2.33. The van der Waals surface area contributed by atoms with Gasteiger partial charge in [0.2, 0.25) is 0 Å². The minimum atomic E-state index is -0.330. The van der Waals surface area contributed by atoms with Crippen molar-refractivity contribution in [1.29, 1.82) is 0 Å². The summed E-state index contributed by atoms with van der Waals surface area (Å²) in [6, 6.07) is 12.4. The lowest BCUT2D eigenvalue weighted by atomic mass is 10.2. The van der Waals surface area contributed by atoms with Gasteiger partial charge in [0.05, 0.1) is 0 Å². The highest BCUT2D eigenvalue weighted by molar-refractivity contribution is 9.10. The summed E-state index contributed by atoms with van der Waals surface area (Å²) in [4.78, 5) is 0. The topological polar surface area (TPSA) is 38.0 Å². The fraction of sp³-hybridized carbons (Fsp3) is 0.0769. The average Bonchev–Trinajstić information content (AvgIpc) is 2.27. The third-order valence-corrected chi connectivity index (χ3v) is 2.86. The lowest BCUT2D eigenvalue weighted by Gasteiger charge is -2.07. The molecule has 0 aliphatic rings. The van der Waals surface area contributed by atoms with E-state index in [1.54, 1.807) is 6.07 Å². The van der Waals surface area contributed by atoms with Crippen LogP contribution in [0.3, 0.4) is 0 Å². The monoisotopic (exact) mass is 294 g/mol. The average molecular weight is 295 g/mol. The minimum Gasteiger partial charge on any atom is -0.399 e. The van der Waals surface area contributed by atoms with Gasteiger partial charge >= 0.3 is 0 Å². The lowest BCUT2D eigenvalue weighted by Crippen LogP contribution is -2.00. The van der Waals surface area contributed by atoms with E-state index in [-0.39, 0.29) is 5.82 Å². The number of rotatable bonds is 3. The molecule has 0 spiro atoms. The fourth-order valence-corrected chi connectivity index (χ4v) is 1.79. The minimum absolute atomic E-state index is 0.330. The standard InChI is InChI=1S/C13H12BrFN2/c14-10-3-1-9(2-4-10)8-17-13-6-11(15)5-12(16)7-13/h1-7,17H,8,16H2. The number of anilines is 2. The van der Waals surface area contributed by atoms with Crippen LogP contribution in [0.15, 0.2) is 46.9 Å².